The Bertz CT molecular complexity index is 480. The molecule has 0 spiro atoms. The van der Waals surface area contributed by atoms with Gasteiger partial charge in [0.2, 0.25) is 0 Å². The molecule has 0 amide bonds. The number of carbonyl (C=O) groups is 1. The molecular weight excluding hydrogens is 235 g/mol. The Morgan fingerprint density at radius 3 is 2.65 bits per heavy atom. The van der Waals surface area contributed by atoms with Gasteiger partial charge in [-0.15, -0.1) is 0 Å². The lowest BCUT2D eigenvalue weighted by Crippen LogP contribution is -2.12. The van der Waals surface area contributed by atoms with Crippen LogP contribution >= 0.6 is 0 Å². The number of carbonyl (C=O) groups excluding carboxylic acids is 1. The topological polar surface area (TPSA) is 50.1 Å². The lowest BCUT2D eigenvalue weighted by molar-refractivity contribution is 0.0514. The zero-order valence-corrected chi connectivity index (χ0v) is 8.84. The number of alkyl halides is 2. The van der Waals surface area contributed by atoms with Gasteiger partial charge in [-0.3, -0.25) is 0 Å². The van der Waals surface area contributed by atoms with Gasteiger partial charge in [0, 0.05) is 5.56 Å². The zero-order chi connectivity index (χ0) is 13.0. The summed E-state index contributed by atoms with van der Waals surface area (Å²) >= 11 is 0. The Labute approximate surface area is 95.4 Å². The van der Waals surface area contributed by atoms with E-state index in [1.165, 1.54) is 13.0 Å². The molecule has 3 nitrogen and oxygen atoms in total. The third-order valence-electron chi connectivity index (χ3n) is 2.01. The molecule has 6 heteroatoms. The zero-order valence-electron chi connectivity index (χ0n) is 8.84. The second kappa shape index (κ2) is 5.34. The van der Waals surface area contributed by atoms with Crippen molar-refractivity contribution in [3.05, 3.63) is 34.6 Å². The van der Waals surface area contributed by atoms with E-state index in [1.807, 2.05) is 0 Å². The van der Waals surface area contributed by atoms with E-state index in [-0.39, 0.29) is 6.61 Å². The number of nitrogens with zero attached hydrogens (tertiary/aromatic N) is 1. The van der Waals surface area contributed by atoms with E-state index >= 15 is 0 Å². The number of hydrogen-bond acceptors (Lipinski definition) is 3. The van der Waals surface area contributed by atoms with Gasteiger partial charge in [-0.1, -0.05) is 0 Å². The first-order chi connectivity index (χ1) is 8.02. The number of ether oxygens (including phenoxy) is 1. The van der Waals surface area contributed by atoms with E-state index in [4.69, 9.17) is 5.26 Å². The van der Waals surface area contributed by atoms with Crippen LogP contribution < -0.4 is 0 Å². The van der Waals surface area contributed by atoms with Gasteiger partial charge in [0.1, 0.15) is 17.4 Å². The highest BCUT2D eigenvalue weighted by molar-refractivity contribution is 5.94. The third-order valence-corrected chi connectivity index (χ3v) is 2.01. The molecule has 0 aliphatic heterocycles. The van der Waals surface area contributed by atoms with Gasteiger partial charge in [-0.2, -0.15) is 5.26 Å². The van der Waals surface area contributed by atoms with Crippen molar-refractivity contribution < 1.29 is 22.7 Å². The van der Waals surface area contributed by atoms with Crippen molar-refractivity contribution in [3.8, 4) is 6.07 Å². The van der Waals surface area contributed by atoms with E-state index in [1.54, 1.807) is 0 Å². The van der Waals surface area contributed by atoms with E-state index in [2.05, 4.69) is 4.74 Å². The van der Waals surface area contributed by atoms with Crippen LogP contribution in [0, 0.1) is 17.1 Å². The summed E-state index contributed by atoms with van der Waals surface area (Å²) in [4.78, 5) is 11.4. The molecule has 1 aromatic rings. The van der Waals surface area contributed by atoms with Crippen molar-refractivity contribution in [2.75, 3.05) is 6.61 Å². The molecule has 0 radical (unpaired) electrons. The molecule has 0 bridgehead atoms. The van der Waals surface area contributed by atoms with Crippen LogP contribution in [-0.4, -0.2) is 12.6 Å². The van der Waals surface area contributed by atoms with Gasteiger partial charge in [0.25, 0.3) is 6.43 Å². The molecule has 0 heterocycles. The highest BCUT2D eigenvalue weighted by Gasteiger charge is 2.25. The lowest BCUT2D eigenvalue weighted by Gasteiger charge is -2.10. The predicted molar refractivity (Wildman–Crippen MR) is 52.0 cm³/mol. The fourth-order valence-electron chi connectivity index (χ4n) is 1.31. The predicted octanol–water partition coefficient (Wildman–Crippen LogP) is 2.81. The number of esters is 1. The molecule has 0 aromatic heterocycles. The molecule has 0 N–H and O–H groups in total. The Morgan fingerprint density at radius 2 is 2.18 bits per heavy atom. The minimum Gasteiger partial charge on any atom is -0.462 e. The minimum atomic E-state index is -2.98. The smallest absolute Gasteiger partial charge is 0.340 e. The van der Waals surface area contributed by atoms with Gasteiger partial charge in [-0.05, 0) is 19.1 Å². The molecule has 1 rings (SSSR count). The Kier molecular flexibility index (Phi) is 4.10. The molecule has 0 aliphatic rings. The summed E-state index contributed by atoms with van der Waals surface area (Å²) in [6, 6.07) is 2.89. The second-order valence-corrected chi connectivity index (χ2v) is 3.02. The monoisotopic (exact) mass is 243 g/mol. The summed E-state index contributed by atoms with van der Waals surface area (Å²) in [6.45, 7) is 1.42. The number of rotatable bonds is 3. The molecule has 0 unspecified atom stereocenters. The highest BCUT2D eigenvalue weighted by atomic mass is 19.3. The molecule has 0 saturated carbocycles. The fraction of sp³-hybridized carbons (Fsp3) is 0.273. The first kappa shape index (κ1) is 13.0. The summed E-state index contributed by atoms with van der Waals surface area (Å²) < 4.78 is 43.0. The summed E-state index contributed by atoms with van der Waals surface area (Å²) in [5.41, 5.74) is -2.13. The van der Waals surface area contributed by atoms with Crippen molar-refractivity contribution in [1.82, 2.24) is 0 Å². The first-order valence-electron chi connectivity index (χ1n) is 4.70. The van der Waals surface area contributed by atoms with Crippen LogP contribution in [0.25, 0.3) is 0 Å². The van der Waals surface area contributed by atoms with Crippen LogP contribution in [-0.2, 0) is 4.74 Å². The largest absolute Gasteiger partial charge is 0.462 e. The maximum Gasteiger partial charge on any atom is 0.340 e. The highest BCUT2D eigenvalue weighted by Crippen LogP contribution is 2.27. The standard InChI is InChI=1S/C11H8F3NO2/c1-2-17-11(16)9-6(10(13)14)3-4-8(12)7(9)5-15/h3-4,10H,2H2,1H3. The minimum absolute atomic E-state index is 0.0527. The van der Waals surface area contributed by atoms with Crippen LogP contribution in [0.1, 0.15) is 34.8 Å². The summed E-state index contributed by atoms with van der Waals surface area (Å²) in [5, 5.41) is 8.68. The van der Waals surface area contributed by atoms with Gasteiger partial charge >= 0.3 is 5.97 Å². The molecule has 0 aliphatic carbocycles. The van der Waals surface area contributed by atoms with Crippen LogP contribution in [0.5, 0.6) is 0 Å². The lowest BCUT2D eigenvalue weighted by atomic mass is 10.0. The van der Waals surface area contributed by atoms with Gasteiger partial charge in [-0.25, -0.2) is 18.0 Å². The maximum atomic E-state index is 13.2. The van der Waals surface area contributed by atoms with Gasteiger partial charge in [0.05, 0.1) is 12.2 Å². The summed E-state index contributed by atoms with van der Waals surface area (Å²) in [6.07, 6.45) is -2.98. The average molecular weight is 243 g/mol. The van der Waals surface area contributed by atoms with E-state index < -0.39 is 34.9 Å². The molecule has 17 heavy (non-hydrogen) atoms. The molecule has 90 valence electrons. The normalized spacial score (nSPS) is 10.1. The van der Waals surface area contributed by atoms with Gasteiger partial charge < -0.3 is 4.74 Å². The first-order valence-corrected chi connectivity index (χ1v) is 4.70. The Hall–Kier alpha value is -2.03. The van der Waals surface area contributed by atoms with Crippen molar-refractivity contribution >= 4 is 5.97 Å². The fourth-order valence-corrected chi connectivity index (χ4v) is 1.31. The van der Waals surface area contributed by atoms with Crippen LogP contribution in [0.2, 0.25) is 0 Å². The SMILES string of the molecule is CCOC(=O)c1c(C(F)F)ccc(F)c1C#N. The summed E-state index contributed by atoms with van der Waals surface area (Å²) in [5.74, 6) is -2.15. The van der Waals surface area contributed by atoms with Crippen LogP contribution in [0.15, 0.2) is 12.1 Å². The quantitative estimate of drug-likeness (QED) is 0.767. The summed E-state index contributed by atoms with van der Waals surface area (Å²) in [7, 11) is 0. The molecule has 0 atom stereocenters. The number of halogens is 3. The van der Waals surface area contributed by atoms with E-state index in [9.17, 15) is 18.0 Å². The van der Waals surface area contributed by atoms with Gasteiger partial charge in [0.15, 0.2) is 0 Å². The molecule has 0 saturated heterocycles. The number of nitriles is 1. The number of hydrogen-bond donors (Lipinski definition) is 0. The van der Waals surface area contributed by atoms with Crippen molar-refractivity contribution in [2.24, 2.45) is 0 Å². The third kappa shape index (κ3) is 2.56. The van der Waals surface area contributed by atoms with Crippen molar-refractivity contribution in [3.63, 3.8) is 0 Å². The van der Waals surface area contributed by atoms with Crippen LogP contribution in [0.4, 0.5) is 13.2 Å². The van der Waals surface area contributed by atoms with E-state index in [0.717, 1.165) is 12.1 Å². The Morgan fingerprint density at radius 1 is 1.53 bits per heavy atom. The number of benzene rings is 1. The van der Waals surface area contributed by atoms with Crippen molar-refractivity contribution in [1.29, 1.82) is 5.26 Å². The molecule has 0 fully saturated rings. The second-order valence-electron chi connectivity index (χ2n) is 3.02. The Balaban J connectivity index is 3.45. The maximum absolute atomic E-state index is 13.2. The average Bonchev–Trinajstić information content (AvgIpc) is 2.28. The van der Waals surface area contributed by atoms with Crippen molar-refractivity contribution in [2.45, 2.75) is 13.3 Å². The molecule has 1 aromatic carbocycles. The molecular formula is C11H8F3NO2. The van der Waals surface area contributed by atoms with E-state index in [0.29, 0.717) is 0 Å². The van der Waals surface area contributed by atoms with Crippen LogP contribution in [0.3, 0.4) is 0 Å².